The number of hydrogen-bond acceptors (Lipinski definition) is 24. The van der Waals surface area contributed by atoms with Gasteiger partial charge in [-0.3, -0.25) is 38.4 Å². The normalized spacial score (nSPS) is 22.9. The first-order valence-corrected chi connectivity index (χ1v) is 22.2. The monoisotopic (exact) mass is 1040 g/mol. The second-order valence-electron chi connectivity index (χ2n) is 16.1. The number of rotatable bonds is 18. The molecule has 2 aliphatic heterocycles. The molecule has 74 heavy (non-hydrogen) atoms. The summed E-state index contributed by atoms with van der Waals surface area (Å²) in [4.78, 5) is 91.7. The number of ether oxygens (including phenoxy) is 12. The molecule has 0 bridgehead atoms. The molecule has 0 saturated carbocycles. The number of carbonyl (C=O) groups is 8. The molecule has 0 aliphatic carbocycles. The van der Waals surface area contributed by atoms with Crippen LogP contribution < -0.4 is 28.4 Å². The Bertz CT molecular complexity index is 2550. The quantitative estimate of drug-likeness (QED) is 0.0481. The molecule has 10 atom stereocenters. The molecule has 10 unspecified atom stereocenters. The van der Waals surface area contributed by atoms with Crippen molar-refractivity contribution in [1.82, 2.24) is 0 Å². The van der Waals surface area contributed by atoms with Gasteiger partial charge in [-0.05, 0) is 70.8 Å². The highest BCUT2D eigenvalue weighted by Crippen LogP contribution is 2.35. The molecule has 4 N–H and O–H groups in total. The van der Waals surface area contributed by atoms with E-state index in [1.54, 1.807) is 72.8 Å². The fraction of sp³-hybridized carbons (Fsp3) is 0.360. The first kappa shape index (κ1) is 56.9. The predicted molar refractivity (Wildman–Crippen MR) is 247 cm³/mol. The van der Waals surface area contributed by atoms with Crippen molar-refractivity contribution >= 4 is 48.8 Å². The van der Waals surface area contributed by atoms with Gasteiger partial charge in [0.1, 0.15) is 71.6 Å². The smallest absolute Gasteiger partial charge is 0.308 e. The third kappa shape index (κ3) is 16.3. The Kier molecular flexibility index (Phi) is 20.5. The van der Waals surface area contributed by atoms with Gasteiger partial charge in [-0.1, -0.05) is 24.3 Å². The van der Waals surface area contributed by atoms with E-state index < -0.39 is 110 Å². The largest absolute Gasteiger partial charge is 0.463 e. The van der Waals surface area contributed by atoms with Gasteiger partial charge >= 0.3 is 35.8 Å². The van der Waals surface area contributed by atoms with Crippen molar-refractivity contribution in [2.45, 2.75) is 103 Å². The maximum absolute atomic E-state index is 12.0. The minimum Gasteiger partial charge on any atom is -0.463 e. The van der Waals surface area contributed by atoms with E-state index >= 15 is 0 Å². The third-order valence-electron chi connectivity index (χ3n) is 10.3. The van der Waals surface area contributed by atoms with Crippen LogP contribution in [0, 0.1) is 0 Å². The van der Waals surface area contributed by atoms with Crippen molar-refractivity contribution in [3.8, 4) is 56.8 Å². The van der Waals surface area contributed by atoms with Crippen LogP contribution in [0.15, 0.2) is 84.9 Å². The van der Waals surface area contributed by atoms with Crippen molar-refractivity contribution in [2.24, 2.45) is 0 Å². The van der Waals surface area contributed by atoms with E-state index in [0.717, 1.165) is 20.8 Å². The molecule has 2 fully saturated rings. The summed E-state index contributed by atoms with van der Waals surface area (Å²) in [5.74, 6) is -2.90. The van der Waals surface area contributed by atoms with E-state index in [4.69, 9.17) is 56.8 Å². The zero-order chi connectivity index (χ0) is 54.2. The van der Waals surface area contributed by atoms with Crippen LogP contribution in [-0.4, -0.2) is 144 Å². The van der Waals surface area contributed by atoms with Gasteiger partial charge in [0, 0.05) is 53.7 Å². The Morgan fingerprint density at radius 1 is 0.459 bits per heavy atom. The summed E-state index contributed by atoms with van der Waals surface area (Å²) < 4.78 is 64.0. The van der Waals surface area contributed by atoms with Crippen LogP contribution in [0.5, 0.6) is 34.5 Å². The number of carbonyl (C=O) groups excluding carboxylic acids is 8. The summed E-state index contributed by atoms with van der Waals surface area (Å²) in [6, 6.07) is 21.9. The lowest BCUT2D eigenvalue weighted by atomic mass is 9.98. The molecule has 2 aliphatic rings. The Labute approximate surface area is 421 Å². The van der Waals surface area contributed by atoms with Crippen molar-refractivity contribution in [2.75, 3.05) is 13.2 Å². The van der Waals surface area contributed by atoms with Crippen molar-refractivity contribution in [3.05, 3.63) is 84.9 Å². The molecule has 4 aromatic carbocycles. The fourth-order valence-corrected chi connectivity index (χ4v) is 7.34. The van der Waals surface area contributed by atoms with E-state index in [9.17, 15) is 58.8 Å². The predicted octanol–water partition coefficient (Wildman–Crippen LogP) is 2.27. The van der Waals surface area contributed by atoms with Gasteiger partial charge in [-0.2, -0.15) is 0 Å². The molecular weight excluding hydrogens is 985 g/mol. The zero-order valence-electron chi connectivity index (χ0n) is 40.4. The average molecular weight is 1040 g/mol. The molecule has 0 spiro atoms. The molecule has 396 valence electrons. The maximum Gasteiger partial charge on any atom is 0.308 e. The third-order valence-corrected chi connectivity index (χ3v) is 10.3. The lowest BCUT2D eigenvalue weighted by Crippen LogP contribution is -2.63. The van der Waals surface area contributed by atoms with Crippen LogP contribution in [0.4, 0.5) is 0 Å². The number of hydrogen-bond donors (Lipinski definition) is 4. The van der Waals surface area contributed by atoms with Gasteiger partial charge in [0.05, 0.1) is 6.61 Å². The molecular formula is C50H52O24. The molecule has 6 rings (SSSR count). The van der Waals surface area contributed by atoms with Gasteiger partial charge < -0.3 is 77.3 Å². The molecule has 0 aromatic heterocycles. The Balaban J connectivity index is 0.000000294. The molecule has 2 saturated heterocycles. The molecule has 0 radical (unpaired) electrons. The highest BCUT2D eigenvalue weighted by Gasteiger charge is 2.53. The number of benzene rings is 4. The van der Waals surface area contributed by atoms with Crippen LogP contribution in [-0.2, 0) is 66.8 Å². The van der Waals surface area contributed by atoms with Crippen molar-refractivity contribution in [1.29, 1.82) is 0 Å². The Morgan fingerprint density at radius 2 is 0.878 bits per heavy atom. The van der Waals surface area contributed by atoms with E-state index in [1.165, 1.54) is 32.9 Å². The lowest BCUT2D eigenvalue weighted by molar-refractivity contribution is -0.288. The number of aliphatic hydroxyl groups excluding tert-OH is 4. The van der Waals surface area contributed by atoms with Crippen LogP contribution in [0.1, 0.15) is 41.5 Å². The van der Waals surface area contributed by atoms with E-state index in [-0.39, 0.29) is 47.4 Å². The van der Waals surface area contributed by atoms with Gasteiger partial charge in [0.25, 0.3) is 12.9 Å². The SMILES string of the molecule is CC(=O)OCC1OC(Oc2ccc(-c3cc(OC(C)=O)cc(OC(C)=O)c3)cc2)C(OC(C)=O)C(OC(C)=O)C1OC(C)=O.O=COc1cc(OC=O)cc(-c2ccc(OC3OC(CO)C(O)C(O)C3O)cc2)c1. The highest BCUT2D eigenvalue weighted by molar-refractivity contribution is 5.75. The summed E-state index contributed by atoms with van der Waals surface area (Å²) in [5.41, 5.74) is 2.41. The summed E-state index contributed by atoms with van der Waals surface area (Å²) in [6.07, 6.45) is -13.6. The molecule has 0 amide bonds. The second-order valence-corrected chi connectivity index (χ2v) is 16.1. The van der Waals surface area contributed by atoms with Gasteiger partial charge in [0.15, 0.2) is 12.2 Å². The summed E-state index contributed by atoms with van der Waals surface area (Å²) >= 11 is 0. The van der Waals surface area contributed by atoms with Crippen LogP contribution in [0.3, 0.4) is 0 Å². The summed E-state index contributed by atoms with van der Waals surface area (Å²) in [7, 11) is 0. The van der Waals surface area contributed by atoms with Gasteiger partial charge in [-0.15, -0.1) is 0 Å². The Morgan fingerprint density at radius 3 is 1.31 bits per heavy atom. The molecule has 2 heterocycles. The van der Waals surface area contributed by atoms with E-state index in [0.29, 0.717) is 22.3 Å². The van der Waals surface area contributed by atoms with Crippen LogP contribution in [0.2, 0.25) is 0 Å². The fourth-order valence-electron chi connectivity index (χ4n) is 7.34. The van der Waals surface area contributed by atoms with Crippen molar-refractivity contribution in [3.63, 3.8) is 0 Å². The first-order chi connectivity index (χ1) is 35.2. The Hall–Kier alpha value is -8.00. The molecule has 4 aromatic rings. The standard InChI is InChI=1S/C30H32O14.C20H20O10/c1-15(31)37-14-26-27(40-18(4)34)28(41-19(5)35)29(42-20(6)36)30(44-26)43-23-9-7-21(8-10-23)22-11-24(38-16(2)32)13-25(12-22)39-17(3)33;21-8-16-17(24)18(25)19(26)20(30-16)29-13-3-1-11(2-4-13)12-5-14(27-9-22)7-15(6-12)28-10-23/h7-13,26-30H,14H2,1-6H3;1-7,9-10,16-21,24-26H,8H2. The lowest BCUT2D eigenvalue weighted by Gasteiger charge is -2.43. The topological polar surface area (TPSA) is 328 Å². The maximum atomic E-state index is 12.0. The van der Waals surface area contributed by atoms with E-state index in [2.05, 4.69) is 0 Å². The summed E-state index contributed by atoms with van der Waals surface area (Å²) in [6.45, 7) is 6.53. The molecule has 24 heteroatoms. The van der Waals surface area contributed by atoms with Crippen molar-refractivity contribution < 1.29 is 116 Å². The number of aliphatic hydroxyl groups is 4. The minimum absolute atomic E-state index is 0.157. The first-order valence-electron chi connectivity index (χ1n) is 22.2. The zero-order valence-corrected chi connectivity index (χ0v) is 40.4. The van der Waals surface area contributed by atoms with Gasteiger partial charge in [0.2, 0.25) is 18.7 Å². The van der Waals surface area contributed by atoms with E-state index in [1.807, 2.05) is 0 Å². The van der Waals surface area contributed by atoms with Crippen LogP contribution >= 0.6 is 0 Å². The second kappa shape index (κ2) is 26.6. The minimum atomic E-state index is -1.54. The number of esters is 6. The average Bonchev–Trinajstić information content (AvgIpc) is 3.33. The van der Waals surface area contributed by atoms with Crippen LogP contribution in [0.25, 0.3) is 22.3 Å². The summed E-state index contributed by atoms with van der Waals surface area (Å²) in [5, 5.41) is 38.9. The highest BCUT2D eigenvalue weighted by atomic mass is 16.7. The molecule has 24 nitrogen and oxygen atoms in total. The van der Waals surface area contributed by atoms with Gasteiger partial charge in [-0.25, -0.2) is 0 Å².